The molecule has 132 valence electrons. The number of primary amides is 1. The molecule has 0 fully saturated rings. The highest BCUT2D eigenvalue weighted by Crippen LogP contribution is 2.42. The molecule has 0 atom stereocenters. The number of phenols is 1. The van der Waals surface area contributed by atoms with Crippen LogP contribution in [0.4, 0.5) is 16.2 Å². The highest BCUT2D eigenvalue weighted by atomic mass is 16.3. The van der Waals surface area contributed by atoms with E-state index < -0.39 is 6.03 Å². The van der Waals surface area contributed by atoms with Crippen molar-refractivity contribution in [2.75, 3.05) is 4.90 Å². The van der Waals surface area contributed by atoms with Crippen LogP contribution < -0.4 is 10.6 Å². The maximum atomic E-state index is 12.5. The van der Waals surface area contributed by atoms with Crippen molar-refractivity contribution in [3.63, 3.8) is 0 Å². The first kappa shape index (κ1) is 16.7. The average molecular weight is 354 g/mol. The summed E-state index contributed by atoms with van der Waals surface area (Å²) in [6.45, 7) is 0. The normalized spacial score (nSPS) is 10.7. The van der Waals surface area contributed by atoms with Crippen molar-refractivity contribution in [1.82, 2.24) is 0 Å². The van der Waals surface area contributed by atoms with Gasteiger partial charge in [0.15, 0.2) is 0 Å². The number of carbonyl (C=O) groups is 1. The van der Waals surface area contributed by atoms with Crippen molar-refractivity contribution < 1.29 is 9.90 Å². The lowest BCUT2D eigenvalue weighted by atomic mass is 10.0. The molecule has 4 nitrogen and oxygen atoms in total. The quantitative estimate of drug-likeness (QED) is 0.515. The zero-order valence-electron chi connectivity index (χ0n) is 14.5. The van der Waals surface area contributed by atoms with Crippen LogP contribution in [0.15, 0.2) is 91.0 Å². The molecule has 0 radical (unpaired) electrons. The van der Waals surface area contributed by atoms with Gasteiger partial charge in [-0.2, -0.15) is 0 Å². The Kier molecular flexibility index (Phi) is 4.22. The van der Waals surface area contributed by atoms with Gasteiger partial charge in [-0.25, -0.2) is 4.79 Å². The highest BCUT2D eigenvalue weighted by Gasteiger charge is 2.23. The largest absolute Gasteiger partial charge is 0.506 e. The summed E-state index contributed by atoms with van der Waals surface area (Å²) in [6, 6.07) is 27.6. The topological polar surface area (TPSA) is 66.6 Å². The van der Waals surface area contributed by atoms with E-state index in [4.69, 9.17) is 5.73 Å². The summed E-state index contributed by atoms with van der Waals surface area (Å²) in [5.74, 6) is -0.00429. The predicted octanol–water partition coefficient (Wildman–Crippen LogP) is 5.43. The van der Waals surface area contributed by atoms with Gasteiger partial charge in [-0.1, -0.05) is 78.9 Å². The minimum absolute atomic E-state index is 0.00429. The third-order valence-corrected chi connectivity index (χ3v) is 4.55. The molecule has 27 heavy (non-hydrogen) atoms. The molecule has 0 spiro atoms. The first-order chi connectivity index (χ1) is 13.2. The third kappa shape index (κ3) is 2.98. The van der Waals surface area contributed by atoms with Crippen LogP contribution >= 0.6 is 0 Å². The average Bonchev–Trinajstić information content (AvgIpc) is 2.71. The van der Waals surface area contributed by atoms with Crippen LogP contribution in [0.5, 0.6) is 5.75 Å². The first-order valence-electron chi connectivity index (χ1n) is 8.61. The molecule has 0 aliphatic rings. The fraction of sp³-hybridized carbons (Fsp3) is 0. The van der Waals surface area contributed by atoms with Gasteiger partial charge >= 0.3 is 6.03 Å². The number of phenolic OH excluding ortho intramolecular Hbond substituents is 1. The molecule has 0 aliphatic heterocycles. The van der Waals surface area contributed by atoms with Crippen LogP contribution in [0.25, 0.3) is 21.9 Å². The number of benzene rings is 4. The van der Waals surface area contributed by atoms with Crippen molar-refractivity contribution in [3.05, 3.63) is 91.0 Å². The Morgan fingerprint density at radius 2 is 1.44 bits per heavy atom. The van der Waals surface area contributed by atoms with E-state index in [2.05, 4.69) is 0 Å². The molecule has 4 aromatic carbocycles. The Bertz CT molecular complexity index is 1120. The van der Waals surface area contributed by atoms with E-state index >= 15 is 0 Å². The number of fused-ring (bicyclic) bond motifs is 1. The number of carbonyl (C=O) groups excluding carboxylic acids is 1. The van der Waals surface area contributed by atoms with E-state index in [9.17, 15) is 9.90 Å². The summed E-state index contributed by atoms with van der Waals surface area (Å²) >= 11 is 0. The molecule has 0 saturated carbocycles. The summed E-state index contributed by atoms with van der Waals surface area (Å²) in [5.41, 5.74) is 8.58. The van der Waals surface area contributed by atoms with Crippen molar-refractivity contribution in [1.29, 1.82) is 0 Å². The number of rotatable bonds is 3. The van der Waals surface area contributed by atoms with Crippen molar-refractivity contribution >= 4 is 28.2 Å². The van der Waals surface area contributed by atoms with Crippen LogP contribution in [-0.2, 0) is 0 Å². The van der Waals surface area contributed by atoms with Gasteiger partial charge in [0.2, 0.25) is 0 Å². The number of anilines is 2. The van der Waals surface area contributed by atoms with Crippen LogP contribution in [0.2, 0.25) is 0 Å². The lowest BCUT2D eigenvalue weighted by Crippen LogP contribution is -2.32. The number of amides is 2. The molecular formula is C23H18N2O2. The Labute approximate surface area is 157 Å². The highest BCUT2D eigenvalue weighted by molar-refractivity contribution is 6.11. The molecule has 0 bridgehead atoms. The number of urea groups is 1. The molecular weight excluding hydrogens is 336 g/mol. The van der Waals surface area contributed by atoms with Gasteiger partial charge in [-0.05, 0) is 23.1 Å². The molecule has 0 heterocycles. The third-order valence-electron chi connectivity index (χ3n) is 4.55. The number of hydrogen-bond donors (Lipinski definition) is 2. The van der Waals surface area contributed by atoms with Crippen LogP contribution in [0.3, 0.4) is 0 Å². The van der Waals surface area contributed by atoms with Crippen molar-refractivity contribution in [2.24, 2.45) is 5.73 Å². The maximum absolute atomic E-state index is 12.5. The van der Waals surface area contributed by atoms with Gasteiger partial charge in [-0.3, -0.25) is 4.90 Å². The van der Waals surface area contributed by atoms with Gasteiger partial charge < -0.3 is 10.8 Å². The van der Waals surface area contributed by atoms with Gasteiger partial charge in [-0.15, -0.1) is 0 Å². The molecule has 0 unspecified atom stereocenters. The molecule has 2 amide bonds. The van der Waals surface area contributed by atoms with Gasteiger partial charge in [0.25, 0.3) is 0 Å². The minimum atomic E-state index is -0.662. The Balaban J connectivity index is 2.01. The lowest BCUT2D eigenvalue weighted by Gasteiger charge is -2.25. The van der Waals surface area contributed by atoms with Gasteiger partial charge in [0.05, 0.1) is 5.69 Å². The number of aromatic hydroxyl groups is 1. The maximum Gasteiger partial charge on any atom is 0.324 e. The fourth-order valence-corrected chi connectivity index (χ4v) is 3.36. The number of para-hydroxylation sites is 1. The Hall–Kier alpha value is -3.79. The Morgan fingerprint density at radius 1 is 0.778 bits per heavy atom. The molecule has 4 aromatic rings. The Morgan fingerprint density at radius 3 is 2.22 bits per heavy atom. The van der Waals surface area contributed by atoms with Crippen molar-refractivity contribution in [2.45, 2.75) is 0 Å². The smallest absolute Gasteiger partial charge is 0.324 e. The summed E-state index contributed by atoms with van der Waals surface area (Å²) < 4.78 is 0. The predicted molar refractivity (Wildman–Crippen MR) is 109 cm³/mol. The second-order valence-corrected chi connectivity index (χ2v) is 6.21. The standard InChI is InChI=1S/C23H18N2O2/c24-23(27)25(22-19-12-5-4-10-17(19)14-15-21(22)26)20-13-7-6-11-18(20)16-8-2-1-3-9-16/h1-15,26H,(H2,24,27). The summed E-state index contributed by atoms with van der Waals surface area (Å²) in [5, 5.41) is 12.3. The number of nitrogens with zero attached hydrogens (tertiary/aromatic N) is 1. The summed E-state index contributed by atoms with van der Waals surface area (Å²) in [4.78, 5) is 13.9. The minimum Gasteiger partial charge on any atom is -0.506 e. The zero-order valence-corrected chi connectivity index (χ0v) is 14.5. The van der Waals surface area contributed by atoms with E-state index in [1.807, 2.05) is 84.9 Å². The van der Waals surface area contributed by atoms with Crippen LogP contribution in [-0.4, -0.2) is 11.1 Å². The van der Waals surface area contributed by atoms with Gasteiger partial charge in [0.1, 0.15) is 11.4 Å². The molecule has 0 aliphatic carbocycles. The lowest BCUT2D eigenvalue weighted by molar-refractivity contribution is 0.256. The van der Waals surface area contributed by atoms with E-state index in [0.717, 1.165) is 21.9 Å². The summed E-state index contributed by atoms with van der Waals surface area (Å²) in [7, 11) is 0. The zero-order chi connectivity index (χ0) is 18.8. The fourth-order valence-electron chi connectivity index (χ4n) is 3.36. The van der Waals surface area contributed by atoms with E-state index in [1.54, 1.807) is 6.07 Å². The summed E-state index contributed by atoms with van der Waals surface area (Å²) in [6.07, 6.45) is 0. The molecule has 3 N–H and O–H groups in total. The van der Waals surface area contributed by atoms with E-state index in [1.165, 1.54) is 4.90 Å². The monoisotopic (exact) mass is 354 g/mol. The molecule has 0 aromatic heterocycles. The SMILES string of the molecule is NC(=O)N(c1ccccc1-c1ccccc1)c1c(O)ccc2ccccc12. The molecule has 4 heteroatoms. The van der Waals surface area contributed by atoms with E-state index in [0.29, 0.717) is 11.4 Å². The second-order valence-electron chi connectivity index (χ2n) is 6.21. The van der Waals surface area contributed by atoms with Crippen LogP contribution in [0, 0.1) is 0 Å². The van der Waals surface area contributed by atoms with E-state index in [-0.39, 0.29) is 5.75 Å². The molecule has 4 rings (SSSR count). The van der Waals surface area contributed by atoms with Crippen LogP contribution in [0.1, 0.15) is 0 Å². The second kappa shape index (κ2) is 6.84. The van der Waals surface area contributed by atoms with Crippen molar-refractivity contribution in [3.8, 4) is 16.9 Å². The number of hydrogen-bond acceptors (Lipinski definition) is 2. The first-order valence-corrected chi connectivity index (χ1v) is 8.61. The van der Waals surface area contributed by atoms with Gasteiger partial charge in [0, 0.05) is 10.9 Å². The molecule has 0 saturated heterocycles. The number of nitrogens with two attached hydrogens (primary N) is 1.